The molecule has 0 aliphatic carbocycles. The number of imide groups is 1. The summed E-state index contributed by atoms with van der Waals surface area (Å²) in [5, 5.41) is 0. The maximum absolute atomic E-state index is 12.2. The lowest BCUT2D eigenvalue weighted by Gasteiger charge is -2.19. The zero-order chi connectivity index (χ0) is 15.0. The molecule has 1 heterocycles. The number of Topliss-reactive ketones (excluding diaryl/α,β-unsaturated/α-hetero) is 2. The minimum Gasteiger partial charge on any atom is -0.299 e. The molecular formula is C15H15NO4. The van der Waals surface area contributed by atoms with Gasteiger partial charge in [-0.2, -0.15) is 0 Å². The number of rotatable bonds is 3. The van der Waals surface area contributed by atoms with E-state index in [4.69, 9.17) is 0 Å². The van der Waals surface area contributed by atoms with Crippen LogP contribution in [0.2, 0.25) is 0 Å². The van der Waals surface area contributed by atoms with Crippen LogP contribution in [0.3, 0.4) is 0 Å². The second-order valence-corrected chi connectivity index (χ2v) is 5.10. The first-order valence-electron chi connectivity index (χ1n) is 6.37. The molecule has 2 rings (SSSR count). The zero-order valence-corrected chi connectivity index (χ0v) is 11.5. The standard InChI is InChI=1S/C15H15NO4/c1-8(2)10-6-4-5-7-11(10)16-14(19)12(9(3)17)13(18)15(16)20/h4-8,12H,1-3H3/t12-/m0/s1. The predicted molar refractivity (Wildman–Crippen MR) is 72.2 cm³/mol. The van der Waals surface area contributed by atoms with Gasteiger partial charge in [-0.15, -0.1) is 0 Å². The van der Waals surface area contributed by atoms with Gasteiger partial charge < -0.3 is 0 Å². The topological polar surface area (TPSA) is 71.5 Å². The van der Waals surface area contributed by atoms with Crippen molar-refractivity contribution < 1.29 is 19.2 Å². The second-order valence-electron chi connectivity index (χ2n) is 5.10. The van der Waals surface area contributed by atoms with Crippen LogP contribution < -0.4 is 4.90 Å². The molecule has 0 aromatic heterocycles. The molecule has 20 heavy (non-hydrogen) atoms. The Balaban J connectivity index is 2.54. The van der Waals surface area contributed by atoms with Crippen LogP contribution in [-0.2, 0) is 19.2 Å². The molecule has 0 unspecified atom stereocenters. The maximum atomic E-state index is 12.2. The summed E-state index contributed by atoms with van der Waals surface area (Å²) in [5.74, 6) is -4.62. The number of amides is 2. The lowest BCUT2D eigenvalue weighted by atomic mass is 10.00. The summed E-state index contributed by atoms with van der Waals surface area (Å²) < 4.78 is 0. The van der Waals surface area contributed by atoms with E-state index in [1.807, 2.05) is 13.8 Å². The highest BCUT2D eigenvalue weighted by Crippen LogP contribution is 2.31. The van der Waals surface area contributed by atoms with Crippen LogP contribution in [0.15, 0.2) is 24.3 Å². The number of nitrogens with zero attached hydrogens (tertiary/aromatic N) is 1. The quantitative estimate of drug-likeness (QED) is 0.475. The summed E-state index contributed by atoms with van der Waals surface area (Å²) >= 11 is 0. The summed E-state index contributed by atoms with van der Waals surface area (Å²) in [6.07, 6.45) is 0. The Labute approximate surface area is 116 Å². The van der Waals surface area contributed by atoms with Crippen molar-refractivity contribution in [3.8, 4) is 0 Å². The van der Waals surface area contributed by atoms with Gasteiger partial charge in [-0.25, -0.2) is 4.90 Å². The van der Waals surface area contributed by atoms with Crippen molar-refractivity contribution in [2.45, 2.75) is 26.7 Å². The third-order valence-corrected chi connectivity index (χ3v) is 3.35. The highest BCUT2D eigenvalue weighted by atomic mass is 16.2. The van der Waals surface area contributed by atoms with Crippen LogP contribution in [0.1, 0.15) is 32.3 Å². The molecule has 1 fully saturated rings. The van der Waals surface area contributed by atoms with Gasteiger partial charge in [-0.05, 0) is 24.5 Å². The molecule has 1 aliphatic heterocycles. The molecule has 0 N–H and O–H groups in total. The van der Waals surface area contributed by atoms with Gasteiger partial charge in [-0.1, -0.05) is 32.0 Å². The second kappa shape index (κ2) is 5.00. The molecule has 5 nitrogen and oxygen atoms in total. The van der Waals surface area contributed by atoms with Crippen LogP contribution in [0.5, 0.6) is 0 Å². The molecule has 1 atom stereocenters. The van der Waals surface area contributed by atoms with Gasteiger partial charge in [0.05, 0.1) is 5.69 Å². The van der Waals surface area contributed by atoms with E-state index in [0.29, 0.717) is 5.69 Å². The lowest BCUT2D eigenvalue weighted by Crippen LogP contribution is -2.32. The summed E-state index contributed by atoms with van der Waals surface area (Å²) in [6, 6.07) is 6.90. The summed E-state index contributed by atoms with van der Waals surface area (Å²) in [6.45, 7) is 4.99. The van der Waals surface area contributed by atoms with Gasteiger partial charge in [-0.3, -0.25) is 19.2 Å². The Bertz CT molecular complexity index is 618. The molecule has 1 aromatic rings. The zero-order valence-electron chi connectivity index (χ0n) is 11.5. The average Bonchev–Trinajstić information content (AvgIpc) is 2.60. The summed E-state index contributed by atoms with van der Waals surface area (Å²) in [5.41, 5.74) is 1.17. The SMILES string of the molecule is CC(=O)[C@H]1C(=O)C(=O)N(c2ccccc2C(C)C)C1=O. The number of hydrogen-bond donors (Lipinski definition) is 0. The Morgan fingerprint density at radius 2 is 1.75 bits per heavy atom. The first-order chi connectivity index (χ1) is 9.36. The largest absolute Gasteiger partial charge is 0.302 e. The summed E-state index contributed by atoms with van der Waals surface area (Å²) in [7, 11) is 0. The van der Waals surface area contributed by atoms with Gasteiger partial charge in [0.25, 0.3) is 5.91 Å². The summed E-state index contributed by atoms with van der Waals surface area (Å²) in [4.78, 5) is 48.2. The number of para-hydroxylation sites is 1. The monoisotopic (exact) mass is 273 g/mol. The molecule has 0 spiro atoms. The first-order valence-corrected chi connectivity index (χ1v) is 6.37. The Morgan fingerprint density at radius 3 is 2.25 bits per heavy atom. The van der Waals surface area contributed by atoms with E-state index in [1.54, 1.807) is 24.3 Å². The minimum absolute atomic E-state index is 0.0817. The van der Waals surface area contributed by atoms with Gasteiger partial charge in [0.1, 0.15) is 5.78 Å². The predicted octanol–water partition coefficient (Wildman–Crippen LogP) is 1.46. The highest BCUT2D eigenvalue weighted by Gasteiger charge is 2.50. The third kappa shape index (κ3) is 2.05. The highest BCUT2D eigenvalue weighted by molar-refractivity contribution is 6.59. The minimum atomic E-state index is -1.48. The maximum Gasteiger partial charge on any atom is 0.302 e. The van der Waals surface area contributed by atoms with E-state index < -0.39 is 29.3 Å². The van der Waals surface area contributed by atoms with Crippen molar-refractivity contribution in [3.05, 3.63) is 29.8 Å². The van der Waals surface area contributed by atoms with E-state index in [0.717, 1.165) is 17.4 Å². The van der Waals surface area contributed by atoms with Crippen molar-refractivity contribution in [2.24, 2.45) is 5.92 Å². The van der Waals surface area contributed by atoms with Crippen molar-refractivity contribution in [1.82, 2.24) is 0 Å². The van der Waals surface area contributed by atoms with Gasteiger partial charge in [0.2, 0.25) is 5.78 Å². The third-order valence-electron chi connectivity index (χ3n) is 3.35. The number of carbonyl (C=O) groups is 4. The van der Waals surface area contributed by atoms with Crippen LogP contribution >= 0.6 is 0 Å². The van der Waals surface area contributed by atoms with Crippen molar-refractivity contribution in [3.63, 3.8) is 0 Å². The molecule has 1 aliphatic rings. The van der Waals surface area contributed by atoms with Crippen LogP contribution in [0, 0.1) is 5.92 Å². The van der Waals surface area contributed by atoms with E-state index >= 15 is 0 Å². The Morgan fingerprint density at radius 1 is 1.15 bits per heavy atom. The number of anilines is 1. The first kappa shape index (κ1) is 14.1. The van der Waals surface area contributed by atoms with E-state index in [2.05, 4.69) is 0 Å². The fourth-order valence-electron chi connectivity index (χ4n) is 2.34. The molecule has 0 saturated carbocycles. The van der Waals surface area contributed by atoms with Crippen molar-refractivity contribution in [1.29, 1.82) is 0 Å². The molecule has 0 radical (unpaired) electrons. The number of ketones is 2. The smallest absolute Gasteiger partial charge is 0.299 e. The van der Waals surface area contributed by atoms with Crippen LogP contribution in [-0.4, -0.2) is 23.4 Å². The lowest BCUT2D eigenvalue weighted by molar-refractivity contribution is -0.139. The van der Waals surface area contributed by atoms with Crippen LogP contribution in [0.4, 0.5) is 5.69 Å². The average molecular weight is 273 g/mol. The van der Waals surface area contributed by atoms with E-state index in [1.165, 1.54) is 0 Å². The fraction of sp³-hybridized carbons (Fsp3) is 0.333. The molecule has 1 aromatic carbocycles. The number of carbonyl (C=O) groups excluding carboxylic acids is 4. The van der Waals surface area contributed by atoms with Crippen molar-refractivity contribution in [2.75, 3.05) is 4.90 Å². The van der Waals surface area contributed by atoms with Crippen molar-refractivity contribution >= 4 is 29.1 Å². The van der Waals surface area contributed by atoms with E-state index in [-0.39, 0.29) is 5.92 Å². The van der Waals surface area contributed by atoms with Gasteiger partial charge in [0.15, 0.2) is 5.92 Å². The van der Waals surface area contributed by atoms with Gasteiger partial charge in [0, 0.05) is 0 Å². The molecule has 5 heteroatoms. The Hall–Kier alpha value is -2.30. The Kier molecular flexibility index (Phi) is 3.53. The number of benzene rings is 1. The molecule has 2 amide bonds. The van der Waals surface area contributed by atoms with Gasteiger partial charge >= 0.3 is 5.91 Å². The fourth-order valence-corrected chi connectivity index (χ4v) is 2.34. The molecule has 104 valence electrons. The van der Waals surface area contributed by atoms with Crippen LogP contribution in [0.25, 0.3) is 0 Å². The molecule has 1 saturated heterocycles. The number of hydrogen-bond acceptors (Lipinski definition) is 4. The van der Waals surface area contributed by atoms with E-state index in [9.17, 15) is 19.2 Å². The molecule has 0 bridgehead atoms. The normalized spacial score (nSPS) is 19.1. The molecular weight excluding hydrogens is 258 g/mol.